The number of guanidine groups is 1. The van der Waals surface area contributed by atoms with Gasteiger partial charge in [-0.1, -0.05) is 13.0 Å². The molecule has 0 aliphatic heterocycles. The molecule has 0 aromatic rings. The molecule has 0 atom stereocenters. The maximum atomic E-state index is 4.55. The van der Waals surface area contributed by atoms with Crippen LogP contribution in [-0.4, -0.2) is 49.6 Å². The Morgan fingerprint density at radius 3 is 2.71 bits per heavy atom. The van der Waals surface area contributed by atoms with Crippen LogP contribution in [0.15, 0.2) is 17.6 Å². The minimum Gasteiger partial charge on any atom is -0.357 e. The molecule has 2 N–H and O–H groups in total. The van der Waals surface area contributed by atoms with E-state index in [1.54, 1.807) is 0 Å². The Hall–Kier alpha value is -1.03. The SMILES string of the molecule is C=CCNC(=NCCN(CC)C1CC1)NCC. The minimum atomic E-state index is 0.756. The summed E-state index contributed by atoms with van der Waals surface area (Å²) in [5.74, 6) is 0.888. The Bertz CT molecular complexity index is 246. The molecule has 1 aliphatic rings. The molecule has 0 heterocycles. The van der Waals surface area contributed by atoms with Gasteiger partial charge in [-0.15, -0.1) is 6.58 Å². The molecule has 0 aromatic heterocycles. The molecule has 1 aliphatic carbocycles. The van der Waals surface area contributed by atoms with E-state index in [1.807, 2.05) is 6.08 Å². The lowest BCUT2D eigenvalue weighted by Crippen LogP contribution is -2.38. The van der Waals surface area contributed by atoms with Gasteiger partial charge in [0.1, 0.15) is 0 Å². The van der Waals surface area contributed by atoms with E-state index >= 15 is 0 Å². The molecule has 4 heteroatoms. The molecule has 0 bridgehead atoms. The highest BCUT2D eigenvalue weighted by Gasteiger charge is 2.26. The van der Waals surface area contributed by atoms with Gasteiger partial charge in [-0.05, 0) is 26.3 Å². The lowest BCUT2D eigenvalue weighted by atomic mass is 10.4. The maximum absolute atomic E-state index is 4.55. The van der Waals surface area contributed by atoms with E-state index in [2.05, 4.69) is 41.0 Å². The van der Waals surface area contributed by atoms with Gasteiger partial charge < -0.3 is 10.6 Å². The van der Waals surface area contributed by atoms with Gasteiger partial charge in [-0.2, -0.15) is 0 Å². The largest absolute Gasteiger partial charge is 0.357 e. The van der Waals surface area contributed by atoms with Crippen molar-refractivity contribution in [2.75, 3.05) is 32.7 Å². The van der Waals surface area contributed by atoms with Crippen LogP contribution in [0.3, 0.4) is 0 Å². The highest BCUT2D eigenvalue weighted by Crippen LogP contribution is 2.25. The standard InChI is InChI=1S/C13H26N4/c1-4-9-15-13(14-5-2)16-10-11-17(6-3)12-7-8-12/h4,12H,1,5-11H2,2-3H3,(H2,14,15,16). The molecule has 0 saturated heterocycles. The lowest BCUT2D eigenvalue weighted by molar-refractivity contribution is 0.286. The molecule has 17 heavy (non-hydrogen) atoms. The first-order valence-corrected chi connectivity index (χ1v) is 6.68. The van der Waals surface area contributed by atoms with Crippen LogP contribution in [0.1, 0.15) is 26.7 Å². The van der Waals surface area contributed by atoms with E-state index < -0.39 is 0 Å². The van der Waals surface area contributed by atoms with Gasteiger partial charge in [0.05, 0.1) is 6.54 Å². The molecular weight excluding hydrogens is 212 g/mol. The van der Waals surface area contributed by atoms with Gasteiger partial charge >= 0.3 is 0 Å². The maximum Gasteiger partial charge on any atom is 0.191 e. The first-order valence-electron chi connectivity index (χ1n) is 6.68. The van der Waals surface area contributed by atoms with Gasteiger partial charge in [-0.3, -0.25) is 9.89 Å². The number of nitrogens with one attached hydrogen (secondary N) is 2. The fourth-order valence-electron chi connectivity index (χ4n) is 1.84. The van der Waals surface area contributed by atoms with Gasteiger partial charge in [-0.25, -0.2) is 0 Å². The fraction of sp³-hybridized carbons (Fsp3) is 0.769. The monoisotopic (exact) mass is 238 g/mol. The Labute approximate surface area is 105 Å². The number of nitrogens with zero attached hydrogens (tertiary/aromatic N) is 2. The molecule has 0 spiro atoms. The second-order valence-electron chi connectivity index (χ2n) is 4.29. The normalized spacial score (nSPS) is 16.1. The van der Waals surface area contributed by atoms with Crippen LogP contribution in [0.25, 0.3) is 0 Å². The number of aliphatic imine (C=N–C) groups is 1. The molecule has 1 rings (SSSR count). The van der Waals surface area contributed by atoms with Crippen LogP contribution < -0.4 is 10.6 Å². The lowest BCUT2D eigenvalue weighted by Gasteiger charge is -2.18. The van der Waals surface area contributed by atoms with Crippen molar-refractivity contribution in [3.63, 3.8) is 0 Å². The fourth-order valence-corrected chi connectivity index (χ4v) is 1.84. The molecular formula is C13H26N4. The van der Waals surface area contributed by atoms with Crippen LogP contribution in [0, 0.1) is 0 Å². The third kappa shape index (κ3) is 5.73. The topological polar surface area (TPSA) is 39.7 Å². The van der Waals surface area contributed by atoms with Crippen molar-refractivity contribution >= 4 is 5.96 Å². The van der Waals surface area contributed by atoms with Crippen LogP contribution in [0.4, 0.5) is 0 Å². The Morgan fingerprint density at radius 2 is 2.18 bits per heavy atom. The summed E-state index contributed by atoms with van der Waals surface area (Å²) in [5.41, 5.74) is 0. The summed E-state index contributed by atoms with van der Waals surface area (Å²) in [5, 5.41) is 6.44. The van der Waals surface area contributed by atoms with Crippen molar-refractivity contribution < 1.29 is 0 Å². The second kappa shape index (κ2) is 8.12. The van der Waals surface area contributed by atoms with Crippen molar-refractivity contribution in [1.82, 2.24) is 15.5 Å². The van der Waals surface area contributed by atoms with Crippen LogP contribution >= 0.6 is 0 Å². The van der Waals surface area contributed by atoms with E-state index in [0.717, 1.165) is 44.7 Å². The van der Waals surface area contributed by atoms with Crippen molar-refractivity contribution in [2.24, 2.45) is 4.99 Å². The summed E-state index contributed by atoms with van der Waals surface area (Å²) in [4.78, 5) is 7.07. The summed E-state index contributed by atoms with van der Waals surface area (Å²) in [6.45, 7) is 12.7. The molecule has 1 fully saturated rings. The van der Waals surface area contributed by atoms with Crippen LogP contribution in [-0.2, 0) is 0 Å². The highest BCUT2D eigenvalue weighted by molar-refractivity contribution is 5.79. The zero-order chi connectivity index (χ0) is 12.5. The highest BCUT2D eigenvalue weighted by atomic mass is 15.2. The molecule has 4 nitrogen and oxygen atoms in total. The van der Waals surface area contributed by atoms with Crippen molar-refractivity contribution in [3.05, 3.63) is 12.7 Å². The van der Waals surface area contributed by atoms with E-state index in [0.29, 0.717) is 0 Å². The van der Waals surface area contributed by atoms with Crippen molar-refractivity contribution in [1.29, 1.82) is 0 Å². The van der Waals surface area contributed by atoms with E-state index in [-0.39, 0.29) is 0 Å². The number of hydrogen-bond acceptors (Lipinski definition) is 2. The third-order valence-corrected chi connectivity index (χ3v) is 2.88. The number of rotatable bonds is 8. The average Bonchev–Trinajstić information content (AvgIpc) is 3.15. The summed E-state index contributed by atoms with van der Waals surface area (Å²) < 4.78 is 0. The molecule has 0 unspecified atom stereocenters. The zero-order valence-electron chi connectivity index (χ0n) is 11.2. The number of likely N-dealkylation sites (N-methyl/N-ethyl adjacent to an activating group) is 1. The molecule has 0 aromatic carbocycles. The smallest absolute Gasteiger partial charge is 0.191 e. The van der Waals surface area contributed by atoms with E-state index in [4.69, 9.17) is 0 Å². The van der Waals surface area contributed by atoms with Crippen LogP contribution in [0.5, 0.6) is 0 Å². The summed E-state index contributed by atoms with van der Waals surface area (Å²) in [7, 11) is 0. The van der Waals surface area contributed by atoms with Gasteiger partial charge in [0.15, 0.2) is 5.96 Å². The quantitative estimate of drug-likeness (QED) is 0.379. The predicted molar refractivity (Wildman–Crippen MR) is 74.4 cm³/mol. The predicted octanol–water partition coefficient (Wildman–Crippen LogP) is 1.21. The average molecular weight is 238 g/mol. The van der Waals surface area contributed by atoms with E-state index in [9.17, 15) is 0 Å². The number of hydrogen-bond donors (Lipinski definition) is 2. The first-order chi connectivity index (χ1) is 8.31. The van der Waals surface area contributed by atoms with E-state index in [1.165, 1.54) is 12.8 Å². The van der Waals surface area contributed by atoms with Gasteiger partial charge in [0.25, 0.3) is 0 Å². The first kappa shape index (κ1) is 14.0. The van der Waals surface area contributed by atoms with Crippen LogP contribution in [0.2, 0.25) is 0 Å². The Kier molecular flexibility index (Phi) is 6.70. The summed E-state index contributed by atoms with van der Waals surface area (Å²) >= 11 is 0. The molecule has 0 amide bonds. The zero-order valence-corrected chi connectivity index (χ0v) is 11.2. The second-order valence-corrected chi connectivity index (χ2v) is 4.29. The van der Waals surface area contributed by atoms with Gasteiger partial charge in [0, 0.05) is 25.7 Å². The van der Waals surface area contributed by atoms with Gasteiger partial charge in [0.2, 0.25) is 0 Å². The molecule has 98 valence electrons. The van der Waals surface area contributed by atoms with Crippen molar-refractivity contribution in [3.8, 4) is 0 Å². The third-order valence-electron chi connectivity index (χ3n) is 2.88. The summed E-state index contributed by atoms with van der Waals surface area (Å²) in [6.07, 6.45) is 4.58. The Morgan fingerprint density at radius 1 is 1.41 bits per heavy atom. The minimum absolute atomic E-state index is 0.756. The summed E-state index contributed by atoms with van der Waals surface area (Å²) in [6, 6.07) is 0.832. The molecule has 1 saturated carbocycles. The Balaban J connectivity index is 2.27. The molecule has 0 radical (unpaired) electrons. The van der Waals surface area contributed by atoms with Crippen molar-refractivity contribution in [2.45, 2.75) is 32.7 Å².